The molecule has 0 amide bonds. The van der Waals surface area contributed by atoms with Crippen LogP contribution < -0.4 is 5.73 Å². The zero-order valence-electron chi connectivity index (χ0n) is 9.00. The molecule has 0 radical (unpaired) electrons. The van der Waals surface area contributed by atoms with E-state index >= 15 is 0 Å². The number of esters is 1. The maximum Gasteiger partial charge on any atom is 0.308 e. The molecule has 3 heteroatoms. The first kappa shape index (κ1) is 11.5. The Bertz CT molecular complexity index is 178. The predicted molar refractivity (Wildman–Crippen MR) is 55.8 cm³/mol. The van der Waals surface area contributed by atoms with E-state index in [-0.39, 0.29) is 11.9 Å². The molecule has 0 aromatic carbocycles. The first-order chi connectivity index (χ1) is 6.74. The van der Waals surface area contributed by atoms with Crippen molar-refractivity contribution in [2.24, 2.45) is 17.6 Å². The van der Waals surface area contributed by atoms with Crippen LogP contribution in [0.5, 0.6) is 0 Å². The van der Waals surface area contributed by atoms with Crippen molar-refractivity contribution < 1.29 is 9.53 Å². The second-order valence-corrected chi connectivity index (χ2v) is 4.23. The first-order valence-corrected chi connectivity index (χ1v) is 5.60. The normalized spacial score (nSPS) is 17.9. The lowest BCUT2D eigenvalue weighted by molar-refractivity contribution is -0.148. The Hall–Kier alpha value is -0.570. The van der Waals surface area contributed by atoms with Crippen molar-refractivity contribution in [1.29, 1.82) is 0 Å². The Morgan fingerprint density at radius 3 is 2.86 bits per heavy atom. The smallest absolute Gasteiger partial charge is 0.308 e. The summed E-state index contributed by atoms with van der Waals surface area (Å²) in [5.41, 5.74) is 5.37. The highest BCUT2D eigenvalue weighted by Gasteiger charge is 2.22. The molecule has 1 atom stereocenters. The monoisotopic (exact) mass is 199 g/mol. The number of rotatable bonds is 7. The molecular formula is C11H21NO2. The van der Waals surface area contributed by atoms with Crippen molar-refractivity contribution in [1.82, 2.24) is 0 Å². The van der Waals surface area contributed by atoms with Gasteiger partial charge in [-0.2, -0.15) is 0 Å². The molecule has 1 rings (SSSR count). The number of ether oxygens (including phenoxy) is 1. The fourth-order valence-corrected chi connectivity index (χ4v) is 1.42. The summed E-state index contributed by atoms with van der Waals surface area (Å²) >= 11 is 0. The highest BCUT2D eigenvalue weighted by molar-refractivity contribution is 5.71. The van der Waals surface area contributed by atoms with Gasteiger partial charge in [0.15, 0.2) is 0 Å². The molecule has 0 aliphatic heterocycles. The third kappa shape index (κ3) is 4.61. The molecule has 3 nitrogen and oxygen atoms in total. The van der Waals surface area contributed by atoms with E-state index in [1.165, 1.54) is 12.8 Å². The van der Waals surface area contributed by atoms with E-state index in [2.05, 4.69) is 0 Å². The van der Waals surface area contributed by atoms with Crippen molar-refractivity contribution in [2.45, 2.75) is 39.0 Å². The molecule has 1 saturated carbocycles. The molecule has 1 aliphatic rings. The van der Waals surface area contributed by atoms with Gasteiger partial charge < -0.3 is 10.5 Å². The van der Waals surface area contributed by atoms with E-state index in [1.807, 2.05) is 6.92 Å². The topological polar surface area (TPSA) is 52.3 Å². The van der Waals surface area contributed by atoms with Gasteiger partial charge in [0.2, 0.25) is 0 Å². The van der Waals surface area contributed by atoms with Gasteiger partial charge in [-0.1, -0.05) is 19.8 Å². The molecule has 0 spiro atoms. The van der Waals surface area contributed by atoms with Crippen molar-refractivity contribution in [3.8, 4) is 0 Å². The Balaban J connectivity index is 2.00. The van der Waals surface area contributed by atoms with Crippen LogP contribution in [0.4, 0.5) is 0 Å². The number of hydrogen-bond donors (Lipinski definition) is 1. The highest BCUT2D eigenvalue weighted by atomic mass is 16.5. The van der Waals surface area contributed by atoms with E-state index in [0.717, 1.165) is 25.2 Å². The second-order valence-electron chi connectivity index (χ2n) is 4.23. The minimum Gasteiger partial charge on any atom is -0.465 e. The van der Waals surface area contributed by atoms with Crippen LogP contribution in [0.3, 0.4) is 0 Å². The lowest BCUT2D eigenvalue weighted by Crippen LogP contribution is -2.16. The van der Waals surface area contributed by atoms with E-state index in [1.54, 1.807) is 0 Å². The van der Waals surface area contributed by atoms with E-state index in [0.29, 0.717) is 13.2 Å². The van der Waals surface area contributed by atoms with Gasteiger partial charge in [-0.05, 0) is 31.7 Å². The zero-order chi connectivity index (χ0) is 10.4. The highest BCUT2D eigenvalue weighted by Crippen LogP contribution is 2.32. The first-order valence-electron chi connectivity index (χ1n) is 5.60. The summed E-state index contributed by atoms with van der Waals surface area (Å²) in [4.78, 5) is 11.4. The lowest BCUT2D eigenvalue weighted by Gasteiger charge is -2.10. The molecule has 0 aromatic heterocycles. The number of carbonyl (C=O) groups is 1. The van der Waals surface area contributed by atoms with E-state index < -0.39 is 0 Å². The maximum absolute atomic E-state index is 11.4. The van der Waals surface area contributed by atoms with Crippen LogP contribution in [0.2, 0.25) is 0 Å². The van der Waals surface area contributed by atoms with Gasteiger partial charge >= 0.3 is 5.97 Å². The standard InChI is InChI=1S/C11H21NO2/c1-9(3-2-7-12)11(13)14-8-6-10-4-5-10/h9-10H,2-8,12H2,1H3. The van der Waals surface area contributed by atoms with Crippen LogP contribution in [0.15, 0.2) is 0 Å². The second kappa shape index (κ2) is 6.02. The van der Waals surface area contributed by atoms with Gasteiger partial charge in [-0.25, -0.2) is 0 Å². The van der Waals surface area contributed by atoms with Crippen molar-refractivity contribution >= 4 is 5.97 Å². The Kier molecular flexibility index (Phi) is 4.94. The Labute approximate surface area is 86.0 Å². The fourth-order valence-electron chi connectivity index (χ4n) is 1.42. The summed E-state index contributed by atoms with van der Waals surface area (Å²) in [6, 6.07) is 0. The number of carbonyl (C=O) groups excluding carboxylic acids is 1. The molecule has 14 heavy (non-hydrogen) atoms. The summed E-state index contributed by atoms with van der Waals surface area (Å²) < 4.78 is 5.17. The predicted octanol–water partition coefficient (Wildman–Crippen LogP) is 1.70. The van der Waals surface area contributed by atoms with Crippen LogP contribution in [-0.2, 0) is 9.53 Å². The lowest BCUT2D eigenvalue weighted by atomic mass is 10.1. The third-order valence-corrected chi connectivity index (χ3v) is 2.71. The van der Waals surface area contributed by atoms with Gasteiger partial charge in [0, 0.05) is 0 Å². The molecule has 0 heterocycles. The Morgan fingerprint density at radius 1 is 1.57 bits per heavy atom. The maximum atomic E-state index is 11.4. The quantitative estimate of drug-likeness (QED) is 0.635. The van der Waals surface area contributed by atoms with Crippen LogP contribution >= 0.6 is 0 Å². The molecular weight excluding hydrogens is 178 g/mol. The van der Waals surface area contributed by atoms with Gasteiger partial charge in [0.1, 0.15) is 0 Å². The van der Waals surface area contributed by atoms with E-state index in [9.17, 15) is 4.79 Å². The largest absolute Gasteiger partial charge is 0.465 e. The number of nitrogens with two attached hydrogens (primary N) is 1. The Morgan fingerprint density at radius 2 is 2.29 bits per heavy atom. The van der Waals surface area contributed by atoms with Crippen molar-refractivity contribution in [3.63, 3.8) is 0 Å². The van der Waals surface area contributed by atoms with E-state index in [4.69, 9.17) is 10.5 Å². The summed E-state index contributed by atoms with van der Waals surface area (Å²) in [5, 5.41) is 0. The molecule has 0 bridgehead atoms. The van der Waals surface area contributed by atoms with Crippen LogP contribution in [0.25, 0.3) is 0 Å². The van der Waals surface area contributed by atoms with Gasteiger partial charge in [-0.3, -0.25) is 4.79 Å². The van der Waals surface area contributed by atoms with Crippen LogP contribution in [0, 0.1) is 11.8 Å². The molecule has 1 fully saturated rings. The molecule has 1 unspecified atom stereocenters. The summed E-state index contributed by atoms with van der Waals surface area (Å²) in [6.07, 6.45) is 5.44. The molecule has 2 N–H and O–H groups in total. The SMILES string of the molecule is CC(CCCN)C(=O)OCCC1CC1. The average molecular weight is 199 g/mol. The summed E-state index contributed by atoms with van der Waals surface area (Å²) in [5.74, 6) is 0.791. The average Bonchev–Trinajstić information content (AvgIpc) is 2.97. The summed E-state index contributed by atoms with van der Waals surface area (Å²) in [7, 11) is 0. The zero-order valence-corrected chi connectivity index (χ0v) is 9.00. The van der Waals surface area contributed by atoms with Gasteiger partial charge in [0.25, 0.3) is 0 Å². The molecule has 82 valence electrons. The molecule has 0 saturated heterocycles. The van der Waals surface area contributed by atoms with Crippen LogP contribution in [0.1, 0.15) is 39.0 Å². The summed E-state index contributed by atoms with van der Waals surface area (Å²) in [6.45, 7) is 3.17. The molecule has 0 aromatic rings. The minimum atomic E-state index is -0.0564. The number of hydrogen-bond acceptors (Lipinski definition) is 3. The van der Waals surface area contributed by atoms with Crippen molar-refractivity contribution in [3.05, 3.63) is 0 Å². The van der Waals surface area contributed by atoms with Crippen molar-refractivity contribution in [2.75, 3.05) is 13.2 Å². The molecule has 1 aliphatic carbocycles. The van der Waals surface area contributed by atoms with Gasteiger partial charge in [0.05, 0.1) is 12.5 Å². The minimum absolute atomic E-state index is 0.0118. The third-order valence-electron chi connectivity index (χ3n) is 2.71. The fraction of sp³-hybridized carbons (Fsp3) is 0.909. The van der Waals surface area contributed by atoms with Gasteiger partial charge in [-0.15, -0.1) is 0 Å². The van der Waals surface area contributed by atoms with Crippen LogP contribution in [-0.4, -0.2) is 19.1 Å².